The van der Waals surface area contributed by atoms with Gasteiger partial charge in [-0.1, -0.05) is 6.07 Å². The molecule has 0 radical (unpaired) electrons. The van der Waals surface area contributed by atoms with Crippen LogP contribution in [0.15, 0.2) is 24.3 Å². The van der Waals surface area contributed by atoms with Crippen molar-refractivity contribution in [1.29, 1.82) is 0 Å². The van der Waals surface area contributed by atoms with Crippen LogP contribution < -0.4 is 5.32 Å². The number of rotatable bonds is 5. The molecule has 2 rings (SSSR count). The number of non-ortho nitro benzene ring substituents is 1. The minimum atomic E-state index is -3.21. The van der Waals surface area contributed by atoms with Crippen molar-refractivity contribution in [1.82, 2.24) is 9.21 Å². The van der Waals surface area contributed by atoms with Gasteiger partial charge in [-0.05, 0) is 13.0 Å². The second-order valence-electron chi connectivity index (χ2n) is 5.67. The Balaban J connectivity index is 1.96. The first-order chi connectivity index (χ1) is 11.2. The van der Waals surface area contributed by atoms with Gasteiger partial charge in [0.05, 0.1) is 17.2 Å². The van der Waals surface area contributed by atoms with E-state index in [1.54, 1.807) is 13.0 Å². The lowest BCUT2D eigenvalue weighted by Crippen LogP contribution is -2.53. The highest BCUT2D eigenvalue weighted by Crippen LogP contribution is 2.18. The van der Waals surface area contributed by atoms with E-state index in [1.807, 2.05) is 4.90 Å². The number of hydrogen-bond donors (Lipinski definition) is 1. The molecule has 1 aromatic rings. The van der Waals surface area contributed by atoms with Crippen LogP contribution in [-0.2, 0) is 14.8 Å². The topological polar surface area (TPSA) is 113 Å². The van der Waals surface area contributed by atoms with Crippen LogP contribution in [0.1, 0.15) is 6.92 Å². The minimum Gasteiger partial charge on any atom is -0.324 e. The largest absolute Gasteiger partial charge is 0.324 e. The van der Waals surface area contributed by atoms with E-state index in [2.05, 4.69) is 5.32 Å². The smallest absolute Gasteiger partial charge is 0.271 e. The molecule has 132 valence electrons. The van der Waals surface area contributed by atoms with Crippen molar-refractivity contribution in [2.75, 3.05) is 37.8 Å². The number of nitro groups is 1. The molecule has 0 aliphatic carbocycles. The van der Waals surface area contributed by atoms with Crippen LogP contribution in [0.4, 0.5) is 11.4 Å². The van der Waals surface area contributed by atoms with E-state index in [9.17, 15) is 23.3 Å². The van der Waals surface area contributed by atoms with Crippen LogP contribution in [0.5, 0.6) is 0 Å². The number of benzene rings is 1. The number of nitrogens with one attached hydrogen (secondary N) is 1. The van der Waals surface area contributed by atoms with Crippen molar-refractivity contribution in [3.05, 3.63) is 34.4 Å². The molecule has 0 spiro atoms. The average molecular weight is 356 g/mol. The van der Waals surface area contributed by atoms with Gasteiger partial charge in [0.2, 0.25) is 15.9 Å². The van der Waals surface area contributed by atoms with Gasteiger partial charge in [0.25, 0.3) is 5.69 Å². The van der Waals surface area contributed by atoms with Crippen LogP contribution >= 0.6 is 0 Å². The van der Waals surface area contributed by atoms with Crippen molar-refractivity contribution in [2.24, 2.45) is 0 Å². The Morgan fingerprint density at radius 1 is 1.29 bits per heavy atom. The Hall–Kier alpha value is -2.04. The maximum absolute atomic E-state index is 12.3. The summed E-state index contributed by atoms with van der Waals surface area (Å²) in [5.74, 6) is -0.289. The predicted molar refractivity (Wildman–Crippen MR) is 89.2 cm³/mol. The summed E-state index contributed by atoms with van der Waals surface area (Å²) in [6.45, 7) is 3.32. The van der Waals surface area contributed by atoms with E-state index in [4.69, 9.17) is 0 Å². The van der Waals surface area contributed by atoms with Crippen LogP contribution in [0.3, 0.4) is 0 Å². The molecule has 1 atom stereocenters. The molecule has 1 aliphatic rings. The third kappa shape index (κ3) is 4.49. The van der Waals surface area contributed by atoms with Crippen molar-refractivity contribution >= 4 is 27.3 Å². The Kier molecular flexibility index (Phi) is 5.52. The minimum absolute atomic E-state index is 0.0952. The van der Waals surface area contributed by atoms with E-state index >= 15 is 0 Å². The summed E-state index contributed by atoms with van der Waals surface area (Å²) in [6, 6.07) is 5.27. The summed E-state index contributed by atoms with van der Waals surface area (Å²) in [6.07, 6.45) is 1.17. The van der Waals surface area contributed by atoms with Gasteiger partial charge < -0.3 is 5.32 Å². The van der Waals surface area contributed by atoms with E-state index < -0.39 is 21.0 Å². The third-order valence-electron chi connectivity index (χ3n) is 3.99. The fourth-order valence-corrected chi connectivity index (χ4v) is 3.36. The lowest BCUT2D eigenvalue weighted by atomic mass is 10.2. The van der Waals surface area contributed by atoms with Gasteiger partial charge in [-0.2, -0.15) is 4.31 Å². The second kappa shape index (κ2) is 7.24. The van der Waals surface area contributed by atoms with Gasteiger partial charge in [0.1, 0.15) is 0 Å². The van der Waals surface area contributed by atoms with Crippen molar-refractivity contribution in [2.45, 2.75) is 13.0 Å². The first-order valence-corrected chi connectivity index (χ1v) is 9.28. The molecule has 1 fully saturated rings. The highest BCUT2D eigenvalue weighted by molar-refractivity contribution is 7.88. The molecule has 9 nitrogen and oxygen atoms in total. The summed E-state index contributed by atoms with van der Waals surface area (Å²) < 4.78 is 24.4. The van der Waals surface area contributed by atoms with Gasteiger partial charge in [-0.25, -0.2) is 8.42 Å². The highest BCUT2D eigenvalue weighted by Gasteiger charge is 2.28. The number of nitro benzene ring substituents is 1. The van der Waals surface area contributed by atoms with E-state index in [1.165, 1.54) is 28.8 Å². The van der Waals surface area contributed by atoms with Gasteiger partial charge in [-0.3, -0.25) is 19.8 Å². The van der Waals surface area contributed by atoms with E-state index in [0.717, 1.165) is 0 Å². The van der Waals surface area contributed by atoms with Crippen molar-refractivity contribution in [3.63, 3.8) is 0 Å². The van der Waals surface area contributed by atoms with Gasteiger partial charge in [-0.15, -0.1) is 0 Å². The number of anilines is 1. The lowest BCUT2D eigenvalue weighted by molar-refractivity contribution is -0.384. The third-order valence-corrected chi connectivity index (χ3v) is 5.30. The Labute approximate surface area is 140 Å². The van der Waals surface area contributed by atoms with Gasteiger partial charge >= 0.3 is 0 Å². The summed E-state index contributed by atoms with van der Waals surface area (Å²) in [4.78, 5) is 24.4. The number of carbonyl (C=O) groups is 1. The Bertz CT molecular complexity index is 728. The summed E-state index contributed by atoms with van der Waals surface area (Å²) in [5.41, 5.74) is 0.262. The fourth-order valence-electron chi connectivity index (χ4n) is 2.53. The average Bonchev–Trinajstić information content (AvgIpc) is 2.53. The molecule has 1 heterocycles. The molecular formula is C14H20N4O5S. The monoisotopic (exact) mass is 356 g/mol. The number of hydrogen-bond acceptors (Lipinski definition) is 6. The second-order valence-corrected chi connectivity index (χ2v) is 7.65. The maximum atomic E-state index is 12.3. The van der Waals surface area contributed by atoms with E-state index in [0.29, 0.717) is 31.9 Å². The maximum Gasteiger partial charge on any atom is 0.271 e. The van der Waals surface area contributed by atoms with Crippen LogP contribution in [0.2, 0.25) is 0 Å². The molecule has 1 amide bonds. The first-order valence-electron chi connectivity index (χ1n) is 7.43. The molecule has 0 saturated carbocycles. The quantitative estimate of drug-likeness (QED) is 0.607. The molecule has 1 saturated heterocycles. The summed E-state index contributed by atoms with van der Waals surface area (Å²) in [7, 11) is -3.21. The fraction of sp³-hybridized carbons (Fsp3) is 0.500. The lowest BCUT2D eigenvalue weighted by Gasteiger charge is -2.36. The number of sulfonamides is 1. The Morgan fingerprint density at radius 2 is 1.92 bits per heavy atom. The van der Waals surface area contributed by atoms with Crippen LogP contribution in [0, 0.1) is 10.1 Å². The molecule has 1 N–H and O–H groups in total. The van der Waals surface area contributed by atoms with Crippen molar-refractivity contribution < 1.29 is 18.1 Å². The summed E-state index contributed by atoms with van der Waals surface area (Å²) >= 11 is 0. The molecule has 24 heavy (non-hydrogen) atoms. The number of carbonyl (C=O) groups excluding carboxylic acids is 1. The highest BCUT2D eigenvalue weighted by atomic mass is 32.2. The zero-order chi connectivity index (χ0) is 17.9. The normalized spacial score (nSPS) is 18.1. The SMILES string of the molecule is C[C@H](C(=O)Nc1cccc([N+](=O)[O-])c1)N1CCN(S(C)(=O)=O)CC1. The molecule has 0 bridgehead atoms. The zero-order valence-electron chi connectivity index (χ0n) is 13.5. The van der Waals surface area contributed by atoms with Gasteiger partial charge in [0.15, 0.2) is 0 Å². The van der Waals surface area contributed by atoms with Crippen LogP contribution in [0.25, 0.3) is 0 Å². The zero-order valence-corrected chi connectivity index (χ0v) is 14.3. The molecule has 1 aliphatic heterocycles. The standard InChI is InChI=1S/C14H20N4O5S/c1-11(16-6-8-17(9-7-16)24(2,22)23)14(19)15-12-4-3-5-13(10-12)18(20)21/h3-5,10-11H,6-9H2,1-2H3,(H,15,19)/t11-/m1/s1. The number of nitrogens with zero attached hydrogens (tertiary/aromatic N) is 3. The predicted octanol–water partition coefficient (Wildman–Crippen LogP) is 0.499. The van der Waals surface area contributed by atoms with Crippen molar-refractivity contribution in [3.8, 4) is 0 Å². The number of amides is 1. The molecule has 10 heteroatoms. The molecule has 0 aromatic heterocycles. The summed E-state index contributed by atoms with van der Waals surface area (Å²) in [5, 5.41) is 13.4. The molecule has 1 aromatic carbocycles. The molecular weight excluding hydrogens is 336 g/mol. The van der Waals surface area contributed by atoms with Crippen LogP contribution in [-0.4, -0.2) is 66.9 Å². The van der Waals surface area contributed by atoms with Gasteiger partial charge in [0, 0.05) is 44.0 Å². The number of piperazine rings is 1. The Morgan fingerprint density at radius 3 is 2.46 bits per heavy atom. The first kappa shape index (κ1) is 18.3. The van der Waals surface area contributed by atoms with E-state index in [-0.39, 0.29) is 11.6 Å². The molecule has 0 unspecified atom stereocenters.